The molecule has 0 saturated heterocycles. The molecule has 20 heavy (non-hydrogen) atoms. The van der Waals surface area contributed by atoms with Gasteiger partial charge in [0.1, 0.15) is 0 Å². The summed E-state index contributed by atoms with van der Waals surface area (Å²) < 4.78 is 10.4. The van der Waals surface area contributed by atoms with Gasteiger partial charge in [0, 0.05) is 24.5 Å². The number of carbonyl (C=O) groups is 1. The molecule has 0 aliphatic rings. The molecule has 1 aromatic carbocycles. The minimum atomic E-state index is -0.396. The van der Waals surface area contributed by atoms with Crippen molar-refractivity contribution in [2.45, 2.75) is 26.7 Å². The predicted molar refractivity (Wildman–Crippen MR) is 81.0 cm³/mol. The molecule has 0 aliphatic carbocycles. The van der Waals surface area contributed by atoms with Gasteiger partial charge in [-0.3, -0.25) is 0 Å². The van der Waals surface area contributed by atoms with Crippen molar-refractivity contribution in [2.24, 2.45) is 0 Å². The summed E-state index contributed by atoms with van der Waals surface area (Å²) in [6, 6.07) is 5.25. The first-order valence-electron chi connectivity index (χ1n) is 7.07. The van der Waals surface area contributed by atoms with Crippen molar-refractivity contribution in [3.05, 3.63) is 23.8 Å². The number of esters is 1. The van der Waals surface area contributed by atoms with E-state index < -0.39 is 5.97 Å². The molecular weight excluding hydrogens is 256 g/mol. The Labute approximate surface area is 120 Å². The molecule has 0 unspecified atom stereocenters. The average molecular weight is 280 g/mol. The summed E-state index contributed by atoms with van der Waals surface area (Å²) in [5.74, 6) is -0.396. The molecular formula is C15H24N2O3. The number of hydrogen-bond donors (Lipinski definition) is 2. The van der Waals surface area contributed by atoms with Gasteiger partial charge in [0.05, 0.1) is 18.8 Å². The average Bonchev–Trinajstić information content (AvgIpc) is 2.44. The maximum atomic E-state index is 11.7. The number of nitrogens with two attached hydrogens (primary N) is 1. The van der Waals surface area contributed by atoms with E-state index in [4.69, 9.17) is 15.2 Å². The Balaban J connectivity index is 2.46. The van der Waals surface area contributed by atoms with Crippen LogP contribution >= 0.6 is 0 Å². The number of benzene rings is 1. The van der Waals surface area contributed by atoms with Crippen LogP contribution in [-0.2, 0) is 9.47 Å². The van der Waals surface area contributed by atoms with Crippen LogP contribution in [0.4, 0.5) is 11.4 Å². The van der Waals surface area contributed by atoms with E-state index in [-0.39, 0.29) is 0 Å². The molecule has 0 aromatic heterocycles. The van der Waals surface area contributed by atoms with Gasteiger partial charge in [0.15, 0.2) is 0 Å². The molecule has 112 valence electrons. The van der Waals surface area contributed by atoms with Gasteiger partial charge in [0.2, 0.25) is 0 Å². The number of ether oxygens (including phenoxy) is 2. The van der Waals surface area contributed by atoms with Crippen molar-refractivity contribution >= 4 is 17.3 Å². The predicted octanol–water partition coefficient (Wildman–Crippen LogP) is 2.67. The van der Waals surface area contributed by atoms with E-state index in [1.165, 1.54) is 0 Å². The molecule has 0 bridgehead atoms. The molecule has 0 atom stereocenters. The van der Waals surface area contributed by atoms with Gasteiger partial charge in [-0.15, -0.1) is 0 Å². The molecule has 0 spiro atoms. The number of unbranched alkanes of at least 4 members (excludes halogenated alkanes) is 1. The molecule has 0 heterocycles. The summed E-state index contributed by atoms with van der Waals surface area (Å²) in [5, 5.41) is 3.20. The fraction of sp³-hybridized carbons (Fsp3) is 0.533. The van der Waals surface area contributed by atoms with Gasteiger partial charge in [-0.1, -0.05) is 13.3 Å². The summed E-state index contributed by atoms with van der Waals surface area (Å²) in [7, 11) is 0. The van der Waals surface area contributed by atoms with Gasteiger partial charge in [-0.05, 0) is 31.5 Å². The first-order chi connectivity index (χ1) is 9.69. The fourth-order valence-electron chi connectivity index (χ4n) is 1.67. The highest BCUT2D eigenvalue weighted by Crippen LogP contribution is 2.18. The van der Waals surface area contributed by atoms with E-state index in [2.05, 4.69) is 12.2 Å². The largest absolute Gasteiger partial charge is 0.462 e. The van der Waals surface area contributed by atoms with Crippen LogP contribution in [0.3, 0.4) is 0 Å². The Morgan fingerprint density at radius 1 is 1.30 bits per heavy atom. The molecule has 1 rings (SSSR count). The van der Waals surface area contributed by atoms with Crippen molar-refractivity contribution < 1.29 is 14.3 Å². The maximum absolute atomic E-state index is 11.7. The molecule has 1 aromatic rings. The van der Waals surface area contributed by atoms with E-state index in [9.17, 15) is 4.79 Å². The molecule has 0 radical (unpaired) electrons. The second-order valence-electron chi connectivity index (χ2n) is 4.42. The van der Waals surface area contributed by atoms with Crippen LogP contribution in [-0.4, -0.2) is 32.3 Å². The Morgan fingerprint density at radius 2 is 2.10 bits per heavy atom. The standard InChI is InChI=1S/C15H24N2O3/c1-3-5-9-19-10-8-17-12-6-7-14(16)13(11-12)15(18)20-4-2/h6-7,11,17H,3-5,8-10,16H2,1-2H3. The summed E-state index contributed by atoms with van der Waals surface area (Å²) in [6.45, 7) is 6.35. The van der Waals surface area contributed by atoms with Gasteiger partial charge in [-0.25, -0.2) is 4.79 Å². The minimum Gasteiger partial charge on any atom is -0.462 e. The Bertz CT molecular complexity index is 422. The van der Waals surface area contributed by atoms with Gasteiger partial charge < -0.3 is 20.5 Å². The summed E-state index contributed by atoms with van der Waals surface area (Å²) >= 11 is 0. The van der Waals surface area contributed by atoms with Crippen LogP contribution in [0, 0.1) is 0 Å². The molecule has 3 N–H and O–H groups in total. The molecule has 0 aliphatic heterocycles. The van der Waals surface area contributed by atoms with E-state index in [1.807, 2.05) is 6.07 Å². The van der Waals surface area contributed by atoms with Crippen molar-refractivity contribution in [3.8, 4) is 0 Å². The van der Waals surface area contributed by atoms with Gasteiger partial charge in [0.25, 0.3) is 0 Å². The van der Waals surface area contributed by atoms with E-state index in [0.29, 0.717) is 31.0 Å². The Kier molecular flexibility index (Phi) is 7.50. The molecule has 0 fully saturated rings. The lowest BCUT2D eigenvalue weighted by atomic mass is 10.1. The van der Waals surface area contributed by atoms with Crippen LogP contribution in [0.1, 0.15) is 37.0 Å². The second kappa shape index (κ2) is 9.20. The van der Waals surface area contributed by atoms with E-state index >= 15 is 0 Å². The third-order valence-corrected chi connectivity index (χ3v) is 2.77. The highest BCUT2D eigenvalue weighted by Gasteiger charge is 2.11. The minimum absolute atomic E-state index is 0.335. The molecule has 5 heteroatoms. The highest BCUT2D eigenvalue weighted by atomic mass is 16.5. The number of nitrogens with one attached hydrogen (secondary N) is 1. The van der Waals surface area contributed by atoms with Crippen LogP contribution in [0.25, 0.3) is 0 Å². The number of nitrogen functional groups attached to an aromatic ring is 1. The smallest absolute Gasteiger partial charge is 0.340 e. The summed E-state index contributed by atoms with van der Waals surface area (Å²) in [6.07, 6.45) is 2.21. The normalized spacial score (nSPS) is 10.3. The quantitative estimate of drug-likeness (QED) is 0.413. The monoisotopic (exact) mass is 280 g/mol. The van der Waals surface area contributed by atoms with E-state index in [1.54, 1.807) is 19.1 Å². The van der Waals surface area contributed by atoms with Crippen LogP contribution in [0.2, 0.25) is 0 Å². The number of hydrogen-bond acceptors (Lipinski definition) is 5. The number of rotatable bonds is 9. The molecule has 5 nitrogen and oxygen atoms in total. The van der Waals surface area contributed by atoms with Crippen LogP contribution in [0.15, 0.2) is 18.2 Å². The van der Waals surface area contributed by atoms with Gasteiger partial charge >= 0.3 is 5.97 Å². The van der Waals surface area contributed by atoms with Crippen molar-refractivity contribution in [1.82, 2.24) is 0 Å². The van der Waals surface area contributed by atoms with Crippen molar-refractivity contribution in [1.29, 1.82) is 0 Å². The van der Waals surface area contributed by atoms with Crippen LogP contribution in [0.5, 0.6) is 0 Å². The first kappa shape index (κ1) is 16.3. The lowest BCUT2D eigenvalue weighted by molar-refractivity contribution is 0.0527. The maximum Gasteiger partial charge on any atom is 0.340 e. The fourth-order valence-corrected chi connectivity index (χ4v) is 1.67. The number of anilines is 2. The molecule has 0 amide bonds. The van der Waals surface area contributed by atoms with E-state index in [0.717, 1.165) is 25.1 Å². The Hall–Kier alpha value is -1.75. The number of carbonyl (C=O) groups excluding carboxylic acids is 1. The highest BCUT2D eigenvalue weighted by molar-refractivity contribution is 5.96. The first-order valence-corrected chi connectivity index (χ1v) is 7.07. The lowest BCUT2D eigenvalue weighted by Crippen LogP contribution is -2.12. The van der Waals surface area contributed by atoms with Crippen molar-refractivity contribution in [3.63, 3.8) is 0 Å². The SMILES string of the molecule is CCCCOCCNc1ccc(N)c(C(=O)OCC)c1. The topological polar surface area (TPSA) is 73.6 Å². The van der Waals surface area contributed by atoms with Crippen molar-refractivity contribution in [2.75, 3.05) is 37.4 Å². The second-order valence-corrected chi connectivity index (χ2v) is 4.42. The van der Waals surface area contributed by atoms with Crippen LogP contribution < -0.4 is 11.1 Å². The third kappa shape index (κ3) is 5.48. The third-order valence-electron chi connectivity index (χ3n) is 2.77. The lowest BCUT2D eigenvalue weighted by Gasteiger charge is -2.10. The zero-order valence-electron chi connectivity index (χ0n) is 12.3. The Morgan fingerprint density at radius 3 is 2.80 bits per heavy atom. The van der Waals surface area contributed by atoms with Gasteiger partial charge in [-0.2, -0.15) is 0 Å². The zero-order chi connectivity index (χ0) is 14.8. The summed E-state index contributed by atoms with van der Waals surface area (Å²) in [5.41, 5.74) is 7.43. The summed E-state index contributed by atoms with van der Waals surface area (Å²) in [4.78, 5) is 11.7. The molecule has 0 saturated carbocycles. The zero-order valence-corrected chi connectivity index (χ0v) is 12.3.